The lowest BCUT2D eigenvalue weighted by atomic mass is 10.1. The van der Waals surface area contributed by atoms with E-state index in [0.717, 1.165) is 22.1 Å². The summed E-state index contributed by atoms with van der Waals surface area (Å²) in [5.41, 5.74) is 2.23. The second kappa shape index (κ2) is 7.61. The van der Waals surface area contributed by atoms with Crippen LogP contribution in [0.4, 0.5) is 5.69 Å². The molecule has 0 bridgehead atoms. The molecule has 27 heavy (non-hydrogen) atoms. The second-order valence-electron chi connectivity index (χ2n) is 6.37. The number of methoxy groups -OCH3 is 1. The van der Waals surface area contributed by atoms with Gasteiger partial charge in [-0.1, -0.05) is 22.9 Å². The third-order valence-corrected chi connectivity index (χ3v) is 6.57. The van der Waals surface area contributed by atoms with E-state index in [-0.39, 0.29) is 29.1 Å². The van der Waals surface area contributed by atoms with Crippen LogP contribution in [0.3, 0.4) is 0 Å². The van der Waals surface area contributed by atoms with E-state index < -0.39 is 10.0 Å². The maximum atomic E-state index is 13.2. The molecule has 0 fully saturated rings. The van der Waals surface area contributed by atoms with Crippen LogP contribution in [0, 0.1) is 0 Å². The largest absolute Gasteiger partial charge is 0.495 e. The number of ether oxygens (including phenoxy) is 1. The fourth-order valence-electron chi connectivity index (χ4n) is 3.34. The Balaban J connectivity index is 2.04. The van der Waals surface area contributed by atoms with Crippen molar-refractivity contribution in [1.29, 1.82) is 0 Å². The van der Waals surface area contributed by atoms with Crippen molar-refractivity contribution in [2.24, 2.45) is 0 Å². The van der Waals surface area contributed by atoms with E-state index in [4.69, 9.17) is 4.74 Å². The van der Waals surface area contributed by atoms with E-state index in [2.05, 4.69) is 20.7 Å². The highest BCUT2D eigenvalue weighted by Gasteiger charge is 2.32. The van der Waals surface area contributed by atoms with Crippen LogP contribution < -0.4 is 14.4 Å². The molecular weight excluding hydrogens is 432 g/mol. The summed E-state index contributed by atoms with van der Waals surface area (Å²) in [7, 11) is -2.36. The summed E-state index contributed by atoms with van der Waals surface area (Å²) in [6, 6.07) is 10.3. The monoisotopic (exact) mass is 452 g/mol. The molecule has 0 saturated heterocycles. The van der Waals surface area contributed by atoms with Crippen LogP contribution >= 0.6 is 15.9 Å². The van der Waals surface area contributed by atoms with E-state index in [9.17, 15) is 13.2 Å². The lowest BCUT2D eigenvalue weighted by molar-refractivity contribution is 0.0981. The predicted octanol–water partition coefficient (Wildman–Crippen LogP) is 3.35. The fraction of sp³-hybridized carbons (Fsp3) is 0.316. The van der Waals surface area contributed by atoms with Crippen LogP contribution in [0.2, 0.25) is 0 Å². The molecule has 1 heterocycles. The Hall–Kier alpha value is -1.90. The van der Waals surface area contributed by atoms with Gasteiger partial charge in [0.15, 0.2) is 0 Å². The molecular formula is C19H21BrN2O4S. The molecule has 144 valence electrons. The van der Waals surface area contributed by atoms with E-state index in [1.54, 1.807) is 17.9 Å². The smallest absolute Gasteiger partial charge is 0.258 e. The third kappa shape index (κ3) is 3.74. The van der Waals surface area contributed by atoms with Crippen LogP contribution in [-0.2, 0) is 16.4 Å². The molecule has 1 N–H and O–H groups in total. The van der Waals surface area contributed by atoms with E-state index in [0.29, 0.717) is 5.56 Å². The van der Waals surface area contributed by atoms with Gasteiger partial charge in [-0.15, -0.1) is 0 Å². The van der Waals surface area contributed by atoms with Gasteiger partial charge in [0.25, 0.3) is 5.91 Å². The summed E-state index contributed by atoms with van der Waals surface area (Å²) in [4.78, 5) is 14.9. The van der Waals surface area contributed by atoms with Crippen molar-refractivity contribution in [3.8, 4) is 5.75 Å². The van der Waals surface area contributed by atoms with Crippen molar-refractivity contribution in [3.05, 3.63) is 52.0 Å². The number of rotatable bonds is 5. The number of fused-ring (bicyclic) bond motifs is 1. The van der Waals surface area contributed by atoms with Gasteiger partial charge in [-0.3, -0.25) is 4.79 Å². The minimum absolute atomic E-state index is 0.0160. The Morgan fingerprint density at radius 1 is 1.30 bits per heavy atom. The lowest BCUT2D eigenvalue weighted by Crippen LogP contribution is -2.36. The predicted molar refractivity (Wildman–Crippen MR) is 108 cm³/mol. The van der Waals surface area contributed by atoms with E-state index in [1.807, 2.05) is 25.1 Å². The first-order valence-electron chi connectivity index (χ1n) is 8.58. The quantitative estimate of drug-likeness (QED) is 0.754. The summed E-state index contributed by atoms with van der Waals surface area (Å²) in [5.74, 6) is -0.0366. The summed E-state index contributed by atoms with van der Waals surface area (Å²) >= 11 is 3.46. The van der Waals surface area contributed by atoms with Gasteiger partial charge in [-0.25, -0.2) is 13.1 Å². The molecule has 1 amide bonds. The molecule has 1 atom stereocenters. The van der Waals surface area contributed by atoms with Crippen molar-refractivity contribution < 1.29 is 17.9 Å². The molecule has 3 rings (SSSR count). The average molecular weight is 453 g/mol. The number of anilines is 1. The Morgan fingerprint density at radius 2 is 2.04 bits per heavy atom. The van der Waals surface area contributed by atoms with Gasteiger partial charge < -0.3 is 9.64 Å². The van der Waals surface area contributed by atoms with Crippen molar-refractivity contribution >= 4 is 37.5 Å². The van der Waals surface area contributed by atoms with Crippen molar-refractivity contribution in [1.82, 2.24) is 4.72 Å². The average Bonchev–Trinajstić information content (AvgIpc) is 2.95. The zero-order valence-electron chi connectivity index (χ0n) is 15.3. The number of hydrogen-bond acceptors (Lipinski definition) is 4. The Morgan fingerprint density at radius 3 is 2.70 bits per heavy atom. The topological polar surface area (TPSA) is 75.7 Å². The zero-order valence-corrected chi connectivity index (χ0v) is 17.7. The van der Waals surface area contributed by atoms with E-state index >= 15 is 0 Å². The number of hydrogen-bond donors (Lipinski definition) is 1. The number of nitrogens with zero attached hydrogens (tertiary/aromatic N) is 1. The lowest BCUT2D eigenvalue weighted by Gasteiger charge is -2.23. The number of carbonyl (C=O) groups excluding carboxylic acids is 1. The van der Waals surface area contributed by atoms with E-state index in [1.165, 1.54) is 19.2 Å². The molecule has 0 aromatic heterocycles. The van der Waals surface area contributed by atoms with Crippen LogP contribution in [0.5, 0.6) is 5.75 Å². The highest BCUT2D eigenvalue weighted by Crippen LogP contribution is 2.36. The third-order valence-electron chi connectivity index (χ3n) is 4.51. The first-order chi connectivity index (χ1) is 12.8. The molecule has 0 saturated carbocycles. The Kier molecular flexibility index (Phi) is 5.60. The van der Waals surface area contributed by atoms with Gasteiger partial charge in [0.05, 0.1) is 7.11 Å². The molecule has 6 nitrogen and oxygen atoms in total. The standard InChI is InChI=1S/C19H21BrN2O4S/c1-4-21-27(24,25)18-11-13(5-8-17(18)26-3)19(23)22-12(2)9-14-10-15(20)6-7-16(14)22/h5-8,10-12,21H,4,9H2,1-3H3. The summed E-state index contributed by atoms with van der Waals surface area (Å²) < 4.78 is 33.6. The van der Waals surface area contributed by atoms with Crippen molar-refractivity contribution in [2.75, 3.05) is 18.6 Å². The Bertz CT molecular complexity index is 991. The Labute approximate surface area is 167 Å². The molecule has 0 aliphatic carbocycles. The van der Waals surface area contributed by atoms with Crippen LogP contribution in [-0.4, -0.2) is 34.0 Å². The molecule has 1 aliphatic rings. The highest BCUT2D eigenvalue weighted by molar-refractivity contribution is 9.10. The summed E-state index contributed by atoms with van der Waals surface area (Å²) in [6.45, 7) is 3.92. The molecule has 0 radical (unpaired) electrons. The second-order valence-corrected chi connectivity index (χ2v) is 9.02. The molecule has 1 unspecified atom stereocenters. The van der Waals surface area contributed by atoms with Crippen LogP contribution in [0.25, 0.3) is 0 Å². The molecule has 2 aromatic carbocycles. The van der Waals surface area contributed by atoms with Gasteiger partial charge in [0, 0.05) is 28.3 Å². The minimum atomic E-state index is -3.76. The maximum Gasteiger partial charge on any atom is 0.258 e. The summed E-state index contributed by atoms with van der Waals surface area (Å²) in [5, 5.41) is 0. The number of sulfonamides is 1. The first kappa shape index (κ1) is 19.9. The molecule has 8 heteroatoms. The van der Waals surface area contributed by atoms with Gasteiger partial charge in [-0.05, 0) is 55.3 Å². The van der Waals surface area contributed by atoms with Crippen molar-refractivity contribution in [3.63, 3.8) is 0 Å². The normalized spacial score (nSPS) is 16.3. The van der Waals surface area contributed by atoms with Gasteiger partial charge in [0.2, 0.25) is 10.0 Å². The fourth-order valence-corrected chi connectivity index (χ4v) is 4.98. The van der Waals surface area contributed by atoms with Gasteiger partial charge in [-0.2, -0.15) is 0 Å². The maximum absolute atomic E-state index is 13.2. The minimum Gasteiger partial charge on any atom is -0.495 e. The molecule has 1 aliphatic heterocycles. The zero-order chi connectivity index (χ0) is 19.8. The SMILES string of the molecule is CCNS(=O)(=O)c1cc(C(=O)N2c3ccc(Br)cc3CC2C)ccc1OC. The number of amides is 1. The van der Waals surface area contributed by atoms with Crippen LogP contribution in [0.15, 0.2) is 45.8 Å². The number of nitrogens with one attached hydrogen (secondary N) is 1. The highest BCUT2D eigenvalue weighted by atomic mass is 79.9. The summed E-state index contributed by atoms with van der Waals surface area (Å²) in [6.07, 6.45) is 0.749. The number of halogens is 1. The van der Waals surface area contributed by atoms with Crippen molar-refractivity contribution in [2.45, 2.75) is 31.2 Å². The number of benzene rings is 2. The van der Waals surface area contributed by atoms with Gasteiger partial charge >= 0.3 is 0 Å². The first-order valence-corrected chi connectivity index (χ1v) is 10.9. The molecule has 2 aromatic rings. The van der Waals surface area contributed by atoms with Gasteiger partial charge in [0.1, 0.15) is 10.6 Å². The number of carbonyl (C=O) groups is 1. The molecule has 0 spiro atoms. The van der Waals surface area contributed by atoms with Crippen LogP contribution in [0.1, 0.15) is 29.8 Å².